The zero-order chi connectivity index (χ0) is 23.3. The minimum atomic E-state index is -3.71. The zero-order valence-electron chi connectivity index (χ0n) is 17.9. The van der Waals surface area contributed by atoms with E-state index in [1.165, 1.54) is 16.6 Å². The third-order valence-electron chi connectivity index (χ3n) is 4.74. The number of hydrogen-bond donors (Lipinski definition) is 0. The number of nitriles is 2. The van der Waals surface area contributed by atoms with E-state index in [0.29, 0.717) is 23.5 Å². The molecule has 8 heteroatoms. The van der Waals surface area contributed by atoms with Gasteiger partial charge in [0.25, 0.3) is 0 Å². The van der Waals surface area contributed by atoms with E-state index in [-0.39, 0.29) is 5.82 Å². The van der Waals surface area contributed by atoms with Crippen molar-refractivity contribution in [3.63, 3.8) is 0 Å². The van der Waals surface area contributed by atoms with Crippen LogP contribution in [0.5, 0.6) is 0 Å². The molecule has 160 valence electrons. The van der Waals surface area contributed by atoms with E-state index < -0.39 is 10.0 Å². The van der Waals surface area contributed by atoms with Gasteiger partial charge in [0.05, 0.1) is 29.6 Å². The molecular weight excluding hydrogens is 422 g/mol. The maximum atomic E-state index is 12.8. The number of benzene rings is 2. The highest BCUT2D eigenvalue weighted by molar-refractivity contribution is 7.92. The van der Waals surface area contributed by atoms with Gasteiger partial charge in [0.15, 0.2) is 5.82 Å². The van der Waals surface area contributed by atoms with E-state index in [9.17, 15) is 8.42 Å². The third kappa shape index (κ3) is 5.18. The molecule has 0 spiro atoms. The Labute approximate surface area is 188 Å². The molecule has 1 heterocycles. The Balaban J connectivity index is 2.05. The van der Waals surface area contributed by atoms with Gasteiger partial charge in [0, 0.05) is 24.8 Å². The van der Waals surface area contributed by atoms with E-state index in [1.807, 2.05) is 44.2 Å². The minimum absolute atomic E-state index is 0.248. The van der Waals surface area contributed by atoms with Gasteiger partial charge in [-0.1, -0.05) is 12.1 Å². The lowest BCUT2D eigenvalue weighted by Crippen LogP contribution is -2.27. The van der Waals surface area contributed by atoms with E-state index in [1.54, 1.807) is 24.3 Å². The summed E-state index contributed by atoms with van der Waals surface area (Å²) in [5.74, 6) is 0.711. The number of aryl methyl sites for hydroxylation is 2. The first-order valence-electron chi connectivity index (χ1n) is 9.71. The van der Waals surface area contributed by atoms with Crippen LogP contribution in [0.25, 0.3) is 6.08 Å². The first-order valence-corrected chi connectivity index (χ1v) is 11.6. The fourth-order valence-electron chi connectivity index (χ4n) is 3.46. The fraction of sp³-hybridized carbons (Fsp3) is 0.167. The Morgan fingerprint density at radius 2 is 1.72 bits per heavy atom. The highest BCUT2D eigenvalue weighted by Gasteiger charge is 2.25. The van der Waals surface area contributed by atoms with E-state index in [0.717, 1.165) is 28.5 Å². The molecule has 0 aliphatic carbocycles. The predicted octanol–water partition coefficient (Wildman–Crippen LogP) is 4.19. The lowest BCUT2D eigenvalue weighted by molar-refractivity contribution is 0.601. The van der Waals surface area contributed by atoms with E-state index >= 15 is 0 Å². The van der Waals surface area contributed by atoms with Crippen LogP contribution >= 0.6 is 0 Å². The Morgan fingerprint density at radius 1 is 1.06 bits per heavy atom. The van der Waals surface area contributed by atoms with E-state index in [4.69, 9.17) is 10.5 Å². The maximum absolute atomic E-state index is 12.8. The summed E-state index contributed by atoms with van der Waals surface area (Å²) in [6.07, 6.45) is 6.12. The maximum Gasteiger partial charge on any atom is 0.237 e. The Bertz CT molecular complexity index is 1340. The van der Waals surface area contributed by atoms with Crippen molar-refractivity contribution in [1.29, 1.82) is 10.5 Å². The molecule has 0 aliphatic heterocycles. The van der Waals surface area contributed by atoms with Crippen LogP contribution in [0.1, 0.15) is 33.6 Å². The van der Waals surface area contributed by atoms with Gasteiger partial charge in [-0.25, -0.2) is 22.7 Å². The quantitative estimate of drug-likeness (QED) is 0.528. The molecule has 0 N–H and O–H groups in total. The molecule has 2 aromatic carbocycles. The molecule has 0 unspecified atom stereocenters. The van der Waals surface area contributed by atoms with Crippen LogP contribution < -0.4 is 4.31 Å². The van der Waals surface area contributed by atoms with Crippen molar-refractivity contribution < 1.29 is 8.42 Å². The molecular formula is C24H21N5O2S. The summed E-state index contributed by atoms with van der Waals surface area (Å²) in [4.78, 5) is 8.81. The SMILES string of the molecule is Cc1cc(/C=C/C#N)cc(C)c1N(c1ccnc(Cc2ccc(C#N)cc2)n1)S(C)(=O)=O. The van der Waals surface area contributed by atoms with Gasteiger partial charge in [0.2, 0.25) is 10.0 Å². The molecule has 7 nitrogen and oxygen atoms in total. The topological polar surface area (TPSA) is 111 Å². The summed E-state index contributed by atoms with van der Waals surface area (Å²) >= 11 is 0. The van der Waals surface area contributed by atoms with Crippen molar-refractivity contribution in [2.45, 2.75) is 20.3 Å². The number of rotatable bonds is 6. The number of allylic oxidation sites excluding steroid dienone is 1. The molecule has 0 bridgehead atoms. The van der Waals surface area contributed by atoms with Crippen LogP contribution in [0.4, 0.5) is 11.5 Å². The van der Waals surface area contributed by atoms with Gasteiger partial charge >= 0.3 is 0 Å². The summed E-state index contributed by atoms with van der Waals surface area (Å²) in [6.45, 7) is 3.64. The largest absolute Gasteiger partial charge is 0.241 e. The summed E-state index contributed by atoms with van der Waals surface area (Å²) in [5.41, 5.74) is 4.27. The highest BCUT2D eigenvalue weighted by atomic mass is 32.2. The standard InChI is InChI=1S/C24H21N5O2S/c1-17-13-21(5-4-11-25)14-18(2)24(17)29(32(3,30)31)23-10-12-27-22(28-23)15-19-6-8-20(16-26)9-7-19/h4-10,12-14H,15H2,1-3H3/b5-4+. The van der Waals surface area contributed by atoms with Crippen LogP contribution in [0.3, 0.4) is 0 Å². The van der Waals surface area contributed by atoms with Crippen molar-refractivity contribution in [3.8, 4) is 12.1 Å². The zero-order valence-corrected chi connectivity index (χ0v) is 18.8. The molecule has 0 saturated heterocycles. The van der Waals surface area contributed by atoms with E-state index in [2.05, 4.69) is 16.0 Å². The van der Waals surface area contributed by atoms with Gasteiger partial charge in [-0.2, -0.15) is 10.5 Å². The van der Waals surface area contributed by atoms with Crippen LogP contribution in [0.15, 0.2) is 54.7 Å². The van der Waals surface area contributed by atoms with Gasteiger partial charge in [-0.05, 0) is 66.4 Å². The summed E-state index contributed by atoms with van der Waals surface area (Å²) in [6, 6.07) is 16.3. The van der Waals surface area contributed by atoms with Crippen molar-refractivity contribution in [1.82, 2.24) is 9.97 Å². The van der Waals surface area contributed by atoms with Crippen molar-refractivity contribution in [2.75, 3.05) is 10.6 Å². The molecule has 0 atom stereocenters. The average Bonchev–Trinajstić information content (AvgIpc) is 2.74. The lowest BCUT2D eigenvalue weighted by Gasteiger charge is -2.25. The Hall–Kier alpha value is -4.01. The summed E-state index contributed by atoms with van der Waals surface area (Å²) < 4.78 is 26.8. The molecule has 0 amide bonds. The Morgan fingerprint density at radius 3 is 2.28 bits per heavy atom. The molecule has 32 heavy (non-hydrogen) atoms. The average molecular weight is 444 g/mol. The van der Waals surface area contributed by atoms with Crippen molar-refractivity contribution >= 4 is 27.6 Å². The molecule has 0 saturated carbocycles. The number of nitrogens with zero attached hydrogens (tertiary/aromatic N) is 5. The second-order valence-corrected chi connectivity index (χ2v) is 9.14. The number of sulfonamides is 1. The number of anilines is 2. The molecule has 1 aromatic heterocycles. The normalized spacial score (nSPS) is 11.2. The molecule has 0 aliphatic rings. The summed E-state index contributed by atoms with van der Waals surface area (Å²) in [5, 5.41) is 17.7. The molecule has 0 fully saturated rings. The molecule has 3 aromatic rings. The van der Waals surface area contributed by atoms with Crippen LogP contribution in [-0.2, 0) is 16.4 Å². The number of aromatic nitrogens is 2. The van der Waals surface area contributed by atoms with Crippen LogP contribution in [0.2, 0.25) is 0 Å². The van der Waals surface area contributed by atoms with Gasteiger partial charge < -0.3 is 0 Å². The second-order valence-electron chi connectivity index (χ2n) is 7.31. The molecule has 0 radical (unpaired) electrons. The molecule has 3 rings (SSSR count). The highest BCUT2D eigenvalue weighted by Crippen LogP contribution is 2.34. The van der Waals surface area contributed by atoms with Crippen molar-refractivity contribution in [2.24, 2.45) is 0 Å². The lowest BCUT2D eigenvalue weighted by atomic mass is 10.0. The fourth-order valence-corrected chi connectivity index (χ4v) is 4.52. The first kappa shape index (κ1) is 22.7. The van der Waals surface area contributed by atoms with Gasteiger partial charge in [0.1, 0.15) is 5.82 Å². The third-order valence-corrected chi connectivity index (χ3v) is 5.78. The predicted molar refractivity (Wildman–Crippen MR) is 124 cm³/mol. The van der Waals surface area contributed by atoms with Gasteiger partial charge in [-0.3, -0.25) is 0 Å². The Kier molecular flexibility index (Phi) is 6.67. The number of hydrogen-bond acceptors (Lipinski definition) is 6. The second kappa shape index (κ2) is 9.42. The monoisotopic (exact) mass is 443 g/mol. The van der Waals surface area contributed by atoms with Gasteiger partial charge in [-0.15, -0.1) is 0 Å². The van der Waals surface area contributed by atoms with Crippen LogP contribution in [0, 0.1) is 36.5 Å². The smallest absolute Gasteiger partial charge is 0.237 e. The first-order chi connectivity index (χ1) is 15.2. The summed E-state index contributed by atoms with van der Waals surface area (Å²) in [7, 11) is -3.71. The minimum Gasteiger partial charge on any atom is -0.241 e. The van der Waals surface area contributed by atoms with Crippen molar-refractivity contribution in [3.05, 3.63) is 88.4 Å². The van der Waals surface area contributed by atoms with Crippen LogP contribution in [-0.4, -0.2) is 24.6 Å².